The van der Waals surface area contributed by atoms with Crippen LogP contribution in [0.25, 0.3) is 0 Å². The van der Waals surface area contributed by atoms with Crippen LogP contribution < -0.4 is 4.73 Å². The van der Waals surface area contributed by atoms with Gasteiger partial charge in [-0.25, -0.2) is 0 Å². The zero-order valence-electron chi connectivity index (χ0n) is 16.0. The minimum atomic E-state index is -0.541. The monoisotopic (exact) mass is 355 g/mol. The van der Waals surface area contributed by atoms with Crippen molar-refractivity contribution in [1.29, 1.82) is 0 Å². The molecule has 0 spiro atoms. The summed E-state index contributed by atoms with van der Waals surface area (Å²) in [4.78, 5) is 0. The van der Waals surface area contributed by atoms with Crippen LogP contribution in [-0.2, 0) is 19.3 Å². The number of fused-ring (bicyclic) bond motifs is 2. The van der Waals surface area contributed by atoms with Crippen molar-refractivity contribution in [2.24, 2.45) is 0 Å². The van der Waals surface area contributed by atoms with Crippen LogP contribution in [0.1, 0.15) is 65.4 Å². The van der Waals surface area contributed by atoms with E-state index in [0.717, 1.165) is 33.7 Å². The van der Waals surface area contributed by atoms with Crippen LogP contribution >= 0.6 is 0 Å². The van der Waals surface area contributed by atoms with Gasteiger partial charge in [-0.05, 0) is 49.3 Å². The second-order valence-electron chi connectivity index (χ2n) is 7.52. The molecule has 140 valence electrons. The van der Waals surface area contributed by atoms with Crippen molar-refractivity contribution >= 4 is 0 Å². The maximum atomic E-state index is 12.9. The first-order valence-electron chi connectivity index (χ1n) is 9.58. The van der Waals surface area contributed by atoms with Gasteiger partial charge in [0.15, 0.2) is 5.69 Å². The zero-order chi connectivity index (χ0) is 18.8. The number of nitrogens with zero attached hydrogens (tertiary/aromatic N) is 1. The van der Waals surface area contributed by atoms with Crippen LogP contribution in [0.3, 0.4) is 0 Å². The van der Waals surface area contributed by atoms with Crippen LogP contribution in [0.4, 0.5) is 0 Å². The third kappa shape index (κ3) is 3.62. The lowest BCUT2D eigenvalue weighted by molar-refractivity contribution is -0.621. The molecule has 0 bridgehead atoms. The summed E-state index contributed by atoms with van der Waals surface area (Å²) in [7, 11) is 0. The molecule has 2 atom stereocenters. The fraction of sp³-hybridized carbons (Fsp3) is 0.500. The molecule has 2 N–H and O–H groups in total. The van der Waals surface area contributed by atoms with Crippen LogP contribution in [0.15, 0.2) is 24.3 Å². The van der Waals surface area contributed by atoms with E-state index in [1.807, 2.05) is 19.9 Å². The Morgan fingerprint density at radius 3 is 2.38 bits per heavy atom. The minimum Gasteiger partial charge on any atom is -0.618 e. The summed E-state index contributed by atoms with van der Waals surface area (Å²) in [5.41, 5.74) is 7.50. The fourth-order valence-electron chi connectivity index (χ4n) is 4.08. The Bertz CT molecular complexity index is 800. The van der Waals surface area contributed by atoms with E-state index in [4.69, 9.17) is 0 Å². The standard InChI is InChI=1S/C22H29NO3/c1-4-18(24)13-19(25)9-10-20-14(2)21-11-16-7-5-6-8-17(16)12-22(21)23(26)15(20)3/h5-8,18-19,24-25H,4,9-13H2,1-3H3/t18-,19+/m0/s1. The summed E-state index contributed by atoms with van der Waals surface area (Å²) in [6.07, 6.45) is 2.74. The van der Waals surface area contributed by atoms with Gasteiger partial charge in [0.25, 0.3) is 0 Å². The van der Waals surface area contributed by atoms with E-state index in [2.05, 4.69) is 25.1 Å². The van der Waals surface area contributed by atoms with Gasteiger partial charge in [-0.1, -0.05) is 31.2 Å². The SMILES string of the molecule is CC[C@H](O)C[C@H](O)CCc1c(C)c2c([n+]([O-])c1C)Cc1ccccc1C2. The van der Waals surface area contributed by atoms with Crippen molar-refractivity contribution in [3.8, 4) is 0 Å². The highest BCUT2D eigenvalue weighted by atomic mass is 16.5. The molecule has 1 aromatic carbocycles. The predicted octanol–water partition coefficient (Wildman–Crippen LogP) is 2.89. The number of aliphatic hydroxyl groups is 2. The van der Waals surface area contributed by atoms with Gasteiger partial charge in [0.1, 0.15) is 0 Å². The van der Waals surface area contributed by atoms with Gasteiger partial charge in [-0.15, -0.1) is 0 Å². The van der Waals surface area contributed by atoms with Gasteiger partial charge in [0.05, 0.1) is 18.6 Å². The van der Waals surface area contributed by atoms with E-state index >= 15 is 0 Å². The van der Waals surface area contributed by atoms with E-state index in [-0.39, 0.29) is 0 Å². The lowest BCUT2D eigenvalue weighted by Gasteiger charge is -2.24. The molecule has 0 amide bonds. The lowest BCUT2D eigenvalue weighted by atomic mass is 9.84. The molecule has 1 aliphatic rings. The number of rotatable bonds is 6. The molecule has 0 saturated heterocycles. The van der Waals surface area contributed by atoms with Gasteiger partial charge in [0.2, 0.25) is 5.69 Å². The zero-order valence-corrected chi connectivity index (χ0v) is 16.0. The van der Waals surface area contributed by atoms with Crippen LogP contribution in [0.2, 0.25) is 0 Å². The van der Waals surface area contributed by atoms with Gasteiger partial charge in [-0.3, -0.25) is 0 Å². The quantitative estimate of drug-likeness (QED) is 0.528. The third-order valence-electron chi connectivity index (χ3n) is 5.83. The number of aliphatic hydroxyl groups excluding tert-OH is 2. The summed E-state index contributed by atoms with van der Waals surface area (Å²) < 4.78 is 1.10. The third-order valence-corrected chi connectivity index (χ3v) is 5.83. The topological polar surface area (TPSA) is 67.4 Å². The molecular formula is C22H29NO3. The van der Waals surface area contributed by atoms with E-state index in [1.165, 1.54) is 16.7 Å². The Hall–Kier alpha value is -1.91. The molecule has 0 fully saturated rings. The molecule has 26 heavy (non-hydrogen) atoms. The average molecular weight is 355 g/mol. The van der Waals surface area contributed by atoms with Gasteiger partial charge in [-0.2, -0.15) is 4.73 Å². The lowest BCUT2D eigenvalue weighted by Crippen LogP contribution is -2.40. The van der Waals surface area contributed by atoms with Crippen molar-refractivity contribution in [3.05, 3.63) is 68.7 Å². The van der Waals surface area contributed by atoms with Gasteiger partial charge >= 0.3 is 0 Å². The summed E-state index contributed by atoms with van der Waals surface area (Å²) >= 11 is 0. The van der Waals surface area contributed by atoms with Crippen LogP contribution in [-0.4, -0.2) is 22.4 Å². The summed E-state index contributed by atoms with van der Waals surface area (Å²) in [6, 6.07) is 8.32. The highest BCUT2D eigenvalue weighted by molar-refractivity contribution is 5.47. The van der Waals surface area contributed by atoms with Crippen molar-refractivity contribution in [3.63, 3.8) is 0 Å². The second kappa shape index (κ2) is 7.77. The van der Waals surface area contributed by atoms with Crippen LogP contribution in [0, 0.1) is 19.1 Å². The maximum Gasteiger partial charge on any atom is 0.201 e. The molecule has 3 rings (SSSR count). The normalized spacial score (nSPS) is 15.3. The molecule has 1 aromatic heterocycles. The van der Waals surface area contributed by atoms with Crippen molar-refractivity contribution in [2.45, 2.75) is 71.5 Å². The Labute approximate surface area is 155 Å². The molecule has 2 aromatic rings. The van der Waals surface area contributed by atoms with E-state index < -0.39 is 12.2 Å². The Morgan fingerprint density at radius 1 is 1.08 bits per heavy atom. The van der Waals surface area contributed by atoms with E-state index in [9.17, 15) is 15.4 Å². The molecule has 0 aliphatic heterocycles. The van der Waals surface area contributed by atoms with Crippen molar-refractivity contribution < 1.29 is 14.9 Å². The molecule has 4 heteroatoms. The highest BCUT2D eigenvalue weighted by Crippen LogP contribution is 2.30. The van der Waals surface area contributed by atoms with E-state index in [1.54, 1.807) is 0 Å². The number of hydrogen-bond donors (Lipinski definition) is 2. The first-order chi connectivity index (χ1) is 12.4. The fourth-order valence-corrected chi connectivity index (χ4v) is 4.08. The van der Waals surface area contributed by atoms with Crippen molar-refractivity contribution in [2.75, 3.05) is 0 Å². The molecule has 4 nitrogen and oxygen atoms in total. The molecule has 0 radical (unpaired) electrons. The molecule has 1 aliphatic carbocycles. The van der Waals surface area contributed by atoms with E-state index in [0.29, 0.717) is 32.1 Å². The number of aromatic nitrogens is 1. The smallest absolute Gasteiger partial charge is 0.201 e. The molecule has 0 unspecified atom stereocenters. The number of benzene rings is 1. The molecule has 0 saturated carbocycles. The first-order valence-corrected chi connectivity index (χ1v) is 9.58. The molecule has 1 heterocycles. The Morgan fingerprint density at radius 2 is 1.73 bits per heavy atom. The van der Waals surface area contributed by atoms with Crippen molar-refractivity contribution in [1.82, 2.24) is 0 Å². The Kier molecular flexibility index (Phi) is 5.64. The second-order valence-corrected chi connectivity index (χ2v) is 7.52. The first kappa shape index (κ1) is 18.9. The number of pyridine rings is 1. The summed E-state index contributed by atoms with van der Waals surface area (Å²) in [5.74, 6) is 0. The summed E-state index contributed by atoms with van der Waals surface area (Å²) in [6.45, 7) is 5.89. The highest BCUT2D eigenvalue weighted by Gasteiger charge is 2.28. The maximum absolute atomic E-state index is 12.9. The van der Waals surface area contributed by atoms with Gasteiger partial charge in [0, 0.05) is 24.5 Å². The predicted molar refractivity (Wildman–Crippen MR) is 102 cm³/mol. The van der Waals surface area contributed by atoms with Crippen LogP contribution in [0.5, 0.6) is 0 Å². The van der Waals surface area contributed by atoms with Gasteiger partial charge < -0.3 is 15.4 Å². The molecular weight excluding hydrogens is 326 g/mol. The Balaban J connectivity index is 1.86. The number of hydrogen-bond acceptors (Lipinski definition) is 3. The average Bonchev–Trinajstić information content (AvgIpc) is 2.64. The minimum absolute atomic E-state index is 0.393. The largest absolute Gasteiger partial charge is 0.618 e. The summed E-state index contributed by atoms with van der Waals surface area (Å²) in [5, 5.41) is 32.8.